The van der Waals surface area contributed by atoms with Crippen molar-refractivity contribution in [3.8, 4) is 0 Å². The predicted molar refractivity (Wildman–Crippen MR) is 67.3 cm³/mol. The van der Waals surface area contributed by atoms with Gasteiger partial charge in [-0.15, -0.1) is 11.3 Å². The lowest BCUT2D eigenvalue weighted by atomic mass is 10.4. The maximum atomic E-state index is 12.2. The second kappa shape index (κ2) is 5.77. The molecular formula is C10H18N2O2S2. The van der Waals surface area contributed by atoms with Crippen LogP contribution in [0.4, 0.5) is 0 Å². The van der Waals surface area contributed by atoms with E-state index in [-0.39, 0.29) is 6.04 Å². The monoisotopic (exact) mass is 262 g/mol. The van der Waals surface area contributed by atoms with Crippen molar-refractivity contribution in [1.29, 1.82) is 0 Å². The summed E-state index contributed by atoms with van der Waals surface area (Å²) in [5, 5.41) is 4.75. The molecule has 0 aromatic carbocycles. The molecule has 0 unspecified atom stereocenters. The molecule has 1 N–H and O–H groups in total. The molecular weight excluding hydrogens is 244 g/mol. The Morgan fingerprint density at radius 2 is 2.19 bits per heavy atom. The van der Waals surface area contributed by atoms with Crippen molar-refractivity contribution >= 4 is 21.4 Å². The molecule has 0 saturated carbocycles. The molecule has 1 aromatic heterocycles. The average Bonchev–Trinajstić information content (AvgIpc) is 2.70. The van der Waals surface area contributed by atoms with Crippen LogP contribution < -0.4 is 5.32 Å². The van der Waals surface area contributed by atoms with E-state index < -0.39 is 10.0 Å². The first kappa shape index (κ1) is 13.6. The highest BCUT2D eigenvalue weighted by Crippen LogP contribution is 2.22. The lowest BCUT2D eigenvalue weighted by Gasteiger charge is -2.24. The minimum atomic E-state index is -3.32. The zero-order chi connectivity index (χ0) is 12.2. The SMILES string of the molecule is CNCCN(C(C)C)S(=O)(=O)c1cccs1. The third kappa shape index (κ3) is 3.04. The van der Waals surface area contributed by atoms with E-state index in [0.717, 1.165) is 0 Å². The molecule has 0 bridgehead atoms. The third-order valence-corrected chi connectivity index (χ3v) is 5.66. The van der Waals surface area contributed by atoms with Crippen molar-refractivity contribution in [3.05, 3.63) is 17.5 Å². The van der Waals surface area contributed by atoms with Crippen molar-refractivity contribution in [2.45, 2.75) is 24.1 Å². The van der Waals surface area contributed by atoms with Crippen LogP contribution in [0.3, 0.4) is 0 Å². The maximum Gasteiger partial charge on any atom is 0.252 e. The normalized spacial score (nSPS) is 12.6. The average molecular weight is 262 g/mol. The summed E-state index contributed by atoms with van der Waals surface area (Å²) < 4.78 is 26.4. The zero-order valence-corrected chi connectivity index (χ0v) is 11.4. The van der Waals surface area contributed by atoms with Gasteiger partial charge in [0.25, 0.3) is 10.0 Å². The van der Waals surface area contributed by atoms with Crippen molar-refractivity contribution in [3.63, 3.8) is 0 Å². The van der Waals surface area contributed by atoms with Gasteiger partial charge in [0.1, 0.15) is 4.21 Å². The fourth-order valence-electron chi connectivity index (χ4n) is 1.40. The van der Waals surface area contributed by atoms with Gasteiger partial charge in [0, 0.05) is 19.1 Å². The second-order valence-electron chi connectivity index (χ2n) is 3.75. The topological polar surface area (TPSA) is 49.4 Å². The molecule has 0 saturated heterocycles. The number of hydrogen-bond acceptors (Lipinski definition) is 4. The summed E-state index contributed by atoms with van der Waals surface area (Å²) in [4.78, 5) is 0. The molecule has 6 heteroatoms. The summed E-state index contributed by atoms with van der Waals surface area (Å²) in [5.41, 5.74) is 0. The first-order valence-corrected chi connectivity index (χ1v) is 7.52. The van der Waals surface area contributed by atoms with Crippen LogP contribution in [0.2, 0.25) is 0 Å². The molecule has 0 amide bonds. The van der Waals surface area contributed by atoms with Gasteiger partial charge in [-0.05, 0) is 32.3 Å². The van der Waals surface area contributed by atoms with Crippen LogP contribution in [-0.4, -0.2) is 38.9 Å². The first-order chi connectivity index (χ1) is 7.50. The fraction of sp³-hybridized carbons (Fsp3) is 0.600. The summed E-state index contributed by atoms with van der Waals surface area (Å²) in [6.45, 7) is 4.93. The van der Waals surface area contributed by atoms with Gasteiger partial charge in [0.05, 0.1) is 0 Å². The molecule has 0 fully saturated rings. The number of rotatable bonds is 6. The Labute approximate surface area is 101 Å². The molecule has 1 aromatic rings. The minimum Gasteiger partial charge on any atom is -0.318 e. The van der Waals surface area contributed by atoms with Gasteiger partial charge in [-0.2, -0.15) is 4.31 Å². The van der Waals surface area contributed by atoms with E-state index in [2.05, 4.69) is 5.32 Å². The Morgan fingerprint density at radius 3 is 2.62 bits per heavy atom. The highest BCUT2D eigenvalue weighted by molar-refractivity contribution is 7.91. The van der Waals surface area contributed by atoms with Crippen LogP contribution in [-0.2, 0) is 10.0 Å². The van der Waals surface area contributed by atoms with Crippen LogP contribution in [0.15, 0.2) is 21.7 Å². The smallest absolute Gasteiger partial charge is 0.252 e. The van der Waals surface area contributed by atoms with E-state index in [1.807, 2.05) is 20.9 Å². The Hall–Kier alpha value is -0.430. The maximum absolute atomic E-state index is 12.2. The van der Waals surface area contributed by atoms with E-state index in [1.54, 1.807) is 17.5 Å². The summed E-state index contributed by atoms with van der Waals surface area (Å²) in [6.07, 6.45) is 0. The lowest BCUT2D eigenvalue weighted by Crippen LogP contribution is -2.40. The Balaban J connectivity index is 2.94. The Bertz CT molecular complexity index is 398. The largest absolute Gasteiger partial charge is 0.318 e. The second-order valence-corrected chi connectivity index (χ2v) is 6.81. The van der Waals surface area contributed by atoms with Gasteiger partial charge in [-0.25, -0.2) is 8.42 Å². The third-order valence-electron chi connectivity index (χ3n) is 2.22. The number of nitrogens with one attached hydrogen (secondary N) is 1. The van der Waals surface area contributed by atoms with Crippen molar-refractivity contribution in [1.82, 2.24) is 9.62 Å². The molecule has 1 rings (SSSR count). The van der Waals surface area contributed by atoms with Crippen LogP contribution >= 0.6 is 11.3 Å². The van der Waals surface area contributed by atoms with Gasteiger partial charge in [0.15, 0.2) is 0 Å². The molecule has 4 nitrogen and oxygen atoms in total. The van der Waals surface area contributed by atoms with Gasteiger partial charge in [0.2, 0.25) is 0 Å². The number of thiophene rings is 1. The van der Waals surface area contributed by atoms with Crippen molar-refractivity contribution < 1.29 is 8.42 Å². The quantitative estimate of drug-likeness (QED) is 0.842. The van der Waals surface area contributed by atoms with Gasteiger partial charge in [-0.1, -0.05) is 6.07 Å². The highest BCUT2D eigenvalue weighted by Gasteiger charge is 2.26. The fourth-order valence-corrected chi connectivity index (χ4v) is 4.16. The number of nitrogens with zero attached hydrogens (tertiary/aromatic N) is 1. The molecule has 92 valence electrons. The van der Waals surface area contributed by atoms with Crippen LogP contribution in [0.25, 0.3) is 0 Å². The zero-order valence-electron chi connectivity index (χ0n) is 9.80. The summed E-state index contributed by atoms with van der Waals surface area (Å²) in [7, 11) is -1.50. The van der Waals surface area contributed by atoms with Gasteiger partial charge < -0.3 is 5.32 Å². The molecule has 1 heterocycles. The van der Waals surface area contributed by atoms with E-state index in [9.17, 15) is 8.42 Å². The Kier molecular flexibility index (Phi) is 4.91. The minimum absolute atomic E-state index is 0.0274. The van der Waals surface area contributed by atoms with E-state index >= 15 is 0 Å². The van der Waals surface area contributed by atoms with Crippen LogP contribution in [0.5, 0.6) is 0 Å². The molecule has 16 heavy (non-hydrogen) atoms. The van der Waals surface area contributed by atoms with Crippen molar-refractivity contribution in [2.24, 2.45) is 0 Å². The molecule has 0 atom stereocenters. The number of hydrogen-bond donors (Lipinski definition) is 1. The summed E-state index contributed by atoms with van der Waals surface area (Å²) in [5.74, 6) is 0. The van der Waals surface area contributed by atoms with Gasteiger partial charge in [-0.3, -0.25) is 0 Å². The molecule has 0 spiro atoms. The summed E-state index contributed by atoms with van der Waals surface area (Å²) >= 11 is 1.26. The highest BCUT2D eigenvalue weighted by atomic mass is 32.2. The lowest BCUT2D eigenvalue weighted by molar-refractivity contribution is 0.355. The van der Waals surface area contributed by atoms with E-state index in [4.69, 9.17) is 0 Å². The summed E-state index contributed by atoms with van der Waals surface area (Å²) in [6, 6.07) is 3.38. The predicted octanol–water partition coefficient (Wildman–Crippen LogP) is 1.37. The first-order valence-electron chi connectivity index (χ1n) is 5.20. The molecule has 0 aliphatic rings. The van der Waals surface area contributed by atoms with Crippen molar-refractivity contribution in [2.75, 3.05) is 20.1 Å². The van der Waals surface area contributed by atoms with Crippen LogP contribution in [0.1, 0.15) is 13.8 Å². The number of sulfonamides is 1. The van der Waals surface area contributed by atoms with Gasteiger partial charge >= 0.3 is 0 Å². The number of likely N-dealkylation sites (N-methyl/N-ethyl adjacent to an activating group) is 1. The molecule has 0 radical (unpaired) electrons. The van der Waals surface area contributed by atoms with Crippen LogP contribution in [0, 0.1) is 0 Å². The molecule has 0 aliphatic heterocycles. The van der Waals surface area contributed by atoms with E-state index in [0.29, 0.717) is 17.3 Å². The molecule has 0 aliphatic carbocycles. The Morgan fingerprint density at radius 1 is 1.50 bits per heavy atom. The standard InChI is InChI=1S/C10H18N2O2S2/c1-9(2)12(7-6-11-3)16(13,14)10-5-4-8-15-10/h4-5,8-9,11H,6-7H2,1-3H3. The van der Waals surface area contributed by atoms with E-state index in [1.165, 1.54) is 15.6 Å².